The van der Waals surface area contributed by atoms with E-state index in [9.17, 15) is 14.4 Å². The van der Waals surface area contributed by atoms with Crippen LogP contribution in [0.1, 0.15) is 32.6 Å². The van der Waals surface area contributed by atoms with Crippen LogP contribution in [0.4, 0.5) is 4.79 Å². The van der Waals surface area contributed by atoms with Crippen molar-refractivity contribution in [2.75, 3.05) is 45.9 Å². The molecule has 0 aromatic carbocycles. The first-order chi connectivity index (χ1) is 10.6. The van der Waals surface area contributed by atoms with E-state index in [0.29, 0.717) is 32.8 Å². The van der Waals surface area contributed by atoms with Crippen molar-refractivity contribution in [3.63, 3.8) is 0 Å². The molecule has 2 aliphatic rings. The van der Waals surface area contributed by atoms with Gasteiger partial charge in [0.15, 0.2) is 0 Å². The van der Waals surface area contributed by atoms with Crippen molar-refractivity contribution in [2.24, 2.45) is 0 Å². The average Bonchev–Trinajstić information content (AvgIpc) is 2.56. The van der Waals surface area contributed by atoms with Crippen LogP contribution in [0.2, 0.25) is 0 Å². The van der Waals surface area contributed by atoms with E-state index in [-0.39, 0.29) is 24.3 Å². The summed E-state index contributed by atoms with van der Waals surface area (Å²) >= 11 is 0. The second-order valence-electron chi connectivity index (χ2n) is 5.68. The number of hydrogen-bond donors (Lipinski definition) is 0. The third-order valence-corrected chi connectivity index (χ3v) is 4.17. The molecule has 0 saturated carbocycles. The Morgan fingerprint density at radius 3 is 1.82 bits per heavy atom. The van der Waals surface area contributed by atoms with Gasteiger partial charge in [-0.3, -0.25) is 9.59 Å². The maximum absolute atomic E-state index is 12.2. The van der Waals surface area contributed by atoms with Crippen LogP contribution in [-0.2, 0) is 14.3 Å². The van der Waals surface area contributed by atoms with Gasteiger partial charge < -0.3 is 19.4 Å². The zero-order valence-corrected chi connectivity index (χ0v) is 13.3. The van der Waals surface area contributed by atoms with E-state index in [4.69, 9.17) is 4.74 Å². The van der Waals surface area contributed by atoms with E-state index in [2.05, 4.69) is 0 Å². The van der Waals surface area contributed by atoms with E-state index in [1.54, 1.807) is 21.6 Å². The van der Waals surface area contributed by atoms with E-state index in [1.165, 1.54) is 0 Å². The molecule has 2 rings (SSSR count). The summed E-state index contributed by atoms with van der Waals surface area (Å²) < 4.78 is 4.94. The standard InChI is InChI=1S/C15H25N3O4/c1-2-22-15(21)18-10-8-17(9-11-18)14(20)12-13(19)16-6-4-3-5-7-16/h2-12H2,1H3. The van der Waals surface area contributed by atoms with Crippen LogP contribution in [0.5, 0.6) is 0 Å². The summed E-state index contributed by atoms with van der Waals surface area (Å²) in [5.41, 5.74) is 0. The quantitative estimate of drug-likeness (QED) is 0.719. The number of piperazine rings is 1. The fourth-order valence-corrected chi connectivity index (χ4v) is 2.85. The maximum atomic E-state index is 12.2. The van der Waals surface area contributed by atoms with E-state index in [0.717, 1.165) is 32.4 Å². The van der Waals surface area contributed by atoms with Crippen molar-refractivity contribution < 1.29 is 19.1 Å². The van der Waals surface area contributed by atoms with Gasteiger partial charge in [0.2, 0.25) is 11.8 Å². The summed E-state index contributed by atoms with van der Waals surface area (Å²) in [5, 5.41) is 0. The lowest BCUT2D eigenvalue weighted by Gasteiger charge is -2.34. The number of piperidine rings is 1. The molecule has 0 unspecified atom stereocenters. The topological polar surface area (TPSA) is 70.2 Å². The molecule has 3 amide bonds. The van der Waals surface area contributed by atoms with Gasteiger partial charge >= 0.3 is 6.09 Å². The number of ether oxygens (including phenoxy) is 1. The molecular formula is C15H25N3O4. The fourth-order valence-electron chi connectivity index (χ4n) is 2.85. The minimum atomic E-state index is -0.334. The monoisotopic (exact) mass is 311 g/mol. The third-order valence-electron chi connectivity index (χ3n) is 4.17. The summed E-state index contributed by atoms with van der Waals surface area (Å²) in [5.74, 6) is -0.211. The van der Waals surface area contributed by atoms with Gasteiger partial charge in [0, 0.05) is 39.3 Å². The second-order valence-corrected chi connectivity index (χ2v) is 5.68. The van der Waals surface area contributed by atoms with Gasteiger partial charge in [-0.2, -0.15) is 0 Å². The lowest BCUT2D eigenvalue weighted by atomic mass is 10.1. The molecule has 124 valence electrons. The van der Waals surface area contributed by atoms with Crippen molar-refractivity contribution in [2.45, 2.75) is 32.6 Å². The van der Waals surface area contributed by atoms with Gasteiger partial charge in [-0.15, -0.1) is 0 Å². The maximum Gasteiger partial charge on any atom is 0.409 e. The van der Waals surface area contributed by atoms with Crippen LogP contribution in [0.25, 0.3) is 0 Å². The molecule has 7 nitrogen and oxygen atoms in total. The Hall–Kier alpha value is -1.79. The predicted octanol–water partition coefficient (Wildman–Crippen LogP) is 0.690. The molecule has 0 aromatic rings. The van der Waals surface area contributed by atoms with Crippen LogP contribution >= 0.6 is 0 Å². The normalized spacial score (nSPS) is 19.0. The highest BCUT2D eigenvalue weighted by atomic mass is 16.6. The molecule has 7 heteroatoms. The predicted molar refractivity (Wildman–Crippen MR) is 80.2 cm³/mol. The Bertz CT molecular complexity index is 413. The number of carbonyl (C=O) groups is 3. The third kappa shape index (κ3) is 4.35. The molecule has 0 radical (unpaired) electrons. The first-order valence-corrected chi connectivity index (χ1v) is 8.09. The molecule has 22 heavy (non-hydrogen) atoms. The molecule has 2 heterocycles. The molecular weight excluding hydrogens is 286 g/mol. The zero-order chi connectivity index (χ0) is 15.9. The first-order valence-electron chi connectivity index (χ1n) is 8.09. The second kappa shape index (κ2) is 8.00. The molecule has 0 bridgehead atoms. The molecule has 0 atom stereocenters. The minimum Gasteiger partial charge on any atom is -0.450 e. The summed E-state index contributed by atoms with van der Waals surface area (Å²) in [4.78, 5) is 40.9. The highest BCUT2D eigenvalue weighted by molar-refractivity contribution is 5.97. The van der Waals surface area contributed by atoms with Gasteiger partial charge in [-0.1, -0.05) is 0 Å². The number of nitrogens with zero attached hydrogens (tertiary/aromatic N) is 3. The highest BCUT2D eigenvalue weighted by Crippen LogP contribution is 2.11. The molecule has 0 spiro atoms. The highest BCUT2D eigenvalue weighted by Gasteiger charge is 2.27. The van der Waals surface area contributed by atoms with Crippen LogP contribution in [-0.4, -0.2) is 78.5 Å². The Morgan fingerprint density at radius 2 is 1.27 bits per heavy atom. The Labute approximate surface area is 131 Å². The van der Waals surface area contributed by atoms with Crippen LogP contribution < -0.4 is 0 Å². The van der Waals surface area contributed by atoms with Gasteiger partial charge in [0.05, 0.1) is 6.61 Å². The van der Waals surface area contributed by atoms with Crippen LogP contribution in [0.15, 0.2) is 0 Å². The first kappa shape index (κ1) is 16.6. The van der Waals surface area contributed by atoms with Crippen LogP contribution in [0, 0.1) is 0 Å². The average molecular weight is 311 g/mol. The summed E-state index contributed by atoms with van der Waals surface area (Å²) in [7, 11) is 0. The lowest BCUT2D eigenvalue weighted by molar-refractivity contribution is -0.142. The summed E-state index contributed by atoms with van der Waals surface area (Å²) in [6.45, 7) is 5.50. The molecule has 0 N–H and O–H groups in total. The van der Waals surface area contributed by atoms with Gasteiger partial charge in [0.25, 0.3) is 0 Å². The number of amides is 3. The number of rotatable bonds is 3. The minimum absolute atomic E-state index is 0.0561. The lowest BCUT2D eigenvalue weighted by Crippen LogP contribution is -2.51. The Morgan fingerprint density at radius 1 is 0.773 bits per heavy atom. The fraction of sp³-hybridized carbons (Fsp3) is 0.800. The van der Waals surface area contributed by atoms with Crippen molar-refractivity contribution in [1.29, 1.82) is 0 Å². The van der Waals surface area contributed by atoms with Crippen molar-refractivity contribution in [3.05, 3.63) is 0 Å². The molecule has 0 aliphatic carbocycles. The van der Waals surface area contributed by atoms with Gasteiger partial charge in [0.1, 0.15) is 6.42 Å². The van der Waals surface area contributed by atoms with Gasteiger partial charge in [-0.05, 0) is 26.2 Å². The van der Waals surface area contributed by atoms with Crippen LogP contribution in [0.3, 0.4) is 0 Å². The van der Waals surface area contributed by atoms with E-state index in [1.807, 2.05) is 0 Å². The number of likely N-dealkylation sites (tertiary alicyclic amines) is 1. The summed E-state index contributed by atoms with van der Waals surface area (Å²) in [6.07, 6.45) is 2.82. The Kier molecular flexibility index (Phi) is 6.03. The Balaban J connectivity index is 1.75. The summed E-state index contributed by atoms with van der Waals surface area (Å²) in [6, 6.07) is 0. The SMILES string of the molecule is CCOC(=O)N1CCN(C(=O)CC(=O)N2CCCCC2)CC1. The largest absolute Gasteiger partial charge is 0.450 e. The van der Waals surface area contributed by atoms with E-state index < -0.39 is 0 Å². The van der Waals surface area contributed by atoms with Crippen molar-refractivity contribution in [1.82, 2.24) is 14.7 Å². The van der Waals surface area contributed by atoms with E-state index >= 15 is 0 Å². The molecule has 2 saturated heterocycles. The number of carbonyl (C=O) groups excluding carboxylic acids is 3. The smallest absolute Gasteiger partial charge is 0.409 e. The van der Waals surface area contributed by atoms with Crippen molar-refractivity contribution in [3.8, 4) is 0 Å². The number of hydrogen-bond acceptors (Lipinski definition) is 4. The molecule has 2 aliphatic heterocycles. The van der Waals surface area contributed by atoms with Gasteiger partial charge in [-0.25, -0.2) is 4.79 Å². The molecule has 2 fully saturated rings. The zero-order valence-electron chi connectivity index (χ0n) is 13.3. The molecule has 0 aromatic heterocycles. The van der Waals surface area contributed by atoms with Crippen molar-refractivity contribution >= 4 is 17.9 Å².